The molecule has 3 saturated carbocycles. The number of benzene rings is 2. The minimum atomic E-state index is -2.81. The lowest BCUT2D eigenvalue weighted by molar-refractivity contribution is 0.0924. The Kier molecular flexibility index (Phi) is 11.6. The summed E-state index contributed by atoms with van der Waals surface area (Å²) in [6.07, 6.45) is 15.2. The van der Waals surface area contributed by atoms with E-state index in [0.717, 1.165) is 29.7 Å². The van der Waals surface area contributed by atoms with E-state index in [-0.39, 0.29) is 11.1 Å². The van der Waals surface area contributed by atoms with Crippen LogP contribution in [0.4, 0.5) is 4.39 Å². The highest BCUT2D eigenvalue weighted by Gasteiger charge is 2.53. The van der Waals surface area contributed by atoms with E-state index in [1.807, 2.05) is 0 Å². The van der Waals surface area contributed by atoms with Crippen LogP contribution in [0.1, 0.15) is 113 Å². The average molecular weight is 657 g/mol. The monoisotopic (exact) mass is 656 g/mol. The number of hydrogen-bond acceptors (Lipinski definition) is 2. The molecule has 0 saturated heterocycles. The summed E-state index contributed by atoms with van der Waals surface area (Å²) >= 11 is 0. The van der Waals surface area contributed by atoms with Gasteiger partial charge in [-0.3, -0.25) is 0 Å². The Morgan fingerprint density at radius 2 is 1.60 bits per heavy atom. The van der Waals surface area contributed by atoms with Crippen LogP contribution in [-0.2, 0) is 4.43 Å². The highest BCUT2D eigenvalue weighted by molar-refractivity contribution is 6.99. The molecule has 0 heterocycles. The van der Waals surface area contributed by atoms with Crippen molar-refractivity contribution >= 4 is 18.7 Å². The third-order valence-electron chi connectivity index (χ3n) is 12.2. The van der Waals surface area contributed by atoms with Crippen LogP contribution in [0.15, 0.2) is 95.9 Å². The minimum Gasteiger partial charge on any atom is -0.404 e. The van der Waals surface area contributed by atoms with Crippen molar-refractivity contribution in [2.75, 3.05) is 0 Å². The van der Waals surface area contributed by atoms with Gasteiger partial charge in [0, 0.05) is 12.0 Å². The topological polar surface area (TPSA) is 29.5 Å². The third-order valence-corrected chi connectivity index (χ3v) is 17.3. The van der Waals surface area contributed by atoms with Gasteiger partial charge in [0.05, 0.1) is 18.5 Å². The number of fused-ring (bicyclic) bond motifs is 1. The molecule has 3 aliphatic carbocycles. The van der Waals surface area contributed by atoms with E-state index < -0.39 is 14.4 Å². The average Bonchev–Trinajstić information content (AvgIpc) is 3.40. The second-order valence-electron chi connectivity index (χ2n) is 16.8. The first kappa shape index (κ1) is 36.0. The van der Waals surface area contributed by atoms with Crippen molar-refractivity contribution in [1.82, 2.24) is 0 Å². The molecule has 3 aliphatic rings. The van der Waals surface area contributed by atoms with Gasteiger partial charge in [-0.05, 0) is 88.6 Å². The predicted octanol–water partition coefficient (Wildman–Crippen LogP) is 10.5. The lowest BCUT2D eigenvalue weighted by atomic mass is 9.60. The van der Waals surface area contributed by atoms with Crippen molar-refractivity contribution in [1.29, 1.82) is 0 Å². The number of halogens is 1. The second-order valence-corrected chi connectivity index (χ2v) is 21.0. The van der Waals surface area contributed by atoms with Gasteiger partial charge >= 0.3 is 0 Å². The maximum atomic E-state index is 14.5. The van der Waals surface area contributed by atoms with Gasteiger partial charge in [0.25, 0.3) is 8.32 Å². The highest BCUT2D eigenvalue weighted by atomic mass is 28.4. The number of aliphatic hydroxyl groups excluding tert-OH is 1. The molecule has 256 valence electrons. The molecule has 2 aromatic carbocycles. The largest absolute Gasteiger partial charge is 0.404 e. The van der Waals surface area contributed by atoms with E-state index in [4.69, 9.17) is 4.43 Å². The molecule has 0 bridgehead atoms. The fourth-order valence-corrected chi connectivity index (χ4v) is 14.5. The van der Waals surface area contributed by atoms with Crippen LogP contribution in [0.2, 0.25) is 5.04 Å². The molecule has 3 fully saturated rings. The lowest BCUT2D eigenvalue weighted by Gasteiger charge is -2.46. The van der Waals surface area contributed by atoms with E-state index in [2.05, 4.69) is 121 Å². The fraction of sp³-hybridized carbons (Fsp3) is 0.581. The van der Waals surface area contributed by atoms with Gasteiger partial charge < -0.3 is 9.53 Å². The Hall–Kier alpha value is -2.27. The summed E-state index contributed by atoms with van der Waals surface area (Å²) in [5, 5.41) is 13.6. The molecular weight excluding hydrogens is 596 g/mol. The van der Waals surface area contributed by atoms with Crippen molar-refractivity contribution in [3.05, 3.63) is 95.9 Å². The first-order valence-electron chi connectivity index (χ1n) is 18.6. The molecule has 6 atom stereocenters. The summed E-state index contributed by atoms with van der Waals surface area (Å²) < 4.78 is 21.9. The van der Waals surface area contributed by atoms with E-state index in [1.54, 1.807) is 0 Å². The number of aliphatic hydroxyl groups is 1. The second kappa shape index (κ2) is 15.1. The van der Waals surface area contributed by atoms with E-state index >= 15 is 0 Å². The van der Waals surface area contributed by atoms with Gasteiger partial charge in [-0.15, -0.1) is 0 Å². The summed E-state index contributed by atoms with van der Waals surface area (Å²) in [4.78, 5) is 0. The van der Waals surface area contributed by atoms with Crippen molar-refractivity contribution in [2.45, 2.75) is 130 Å². The molecule has 0 aliphatic heterocycles. The van der Waals surface area contributed by atoms with Crippen LogP contribution in [0.3, 0.4) is 0 Å². The molecule has 5 rings (SSSR count). The third kappa shape index (κ3) is 7.50. The summed E-state index contributed by atoms with van der Waals surface area (Å²) in [6, 6.07) is 21.3. The summed E-state index contributed by atoms with van der Waals surface area (Å²) in [7, 11) is -2.81. The maximum absolute atomic E-state index is 14.5. The number of rotatable bonds is 10. The van der Waals surface area contributed by atoms with Crippen LogP contribution >= 0.6 is 0 Å². The van der Waals surface area contributed by atoms with Crippen LogP contribution in [-0.4, -0.2) is 25.6 Å². The van der Waals surface area contributed by atoms with Crippen LogP contribution in [0.5, 0.6) is 0 Å². The van der Waals surface area contributed by atoms with Crippen molar-refractivity contribution in [3.8, 4) is 0 Å². The summed E-state index contributed by atoms with van der Waals surface area (Å²) in [5.41, 5.74) is 3.18. The molecule has 47 heavy (non-hydrogen) atoms. The molecule has 2 nitrogen and oxygen atoms in total. The molecule has 1 N–H and O–H groups in total. The van der Waals surface area contributed by atoms with Crippen LogP contribution in [0.25, 0.3) is 0 Å². The van der Waals surface area contributed by atoms with Crippen molar-refractivity contribution in [3.63, 3.8) is 0 Å². The van der Waals surface area contributed by atoms with Gasteiger partial charge in [-0.25, -0.2) is 4.39 Å². The zero-order valence-electron chi connectivity index (χ0n) is 30.3. The lowest BCUT2D eigenvalue weighted by Crippen LogP contribution is -2.68. The first-order chi connectivity index (χ1) is 22.4. The molecule has 4 heteroatoms. The Morgan fingerprint density at radius 1 is 0.957 bits per heavy atom. The summed E-state index contributed by atoms with van der Waals surface area (Å²) in [6.45, 7) is 16.6. The van der Waals surface area contributed by atoms with E-state index in [0.29, 0.717) is 36.1 Å². The van der Waals surface area contributed by atoms with E-state index in [1.165, 1.54) is 60.9 Å². The van der Waals surface area contributed by atoms with Gasteiger partial charge in [-0.1, -0.05) is 146 Å². The van der Waals surface area contributed by atoms with Gasteiger partial charge in [-0.2, -0.15) is 0 Å². The van der Waals surface area contributed by atoms with Crippen molar-refractivity contribution in [2.24, 2.45) is 29.1 Å². The zero-order chi connectivity index (χ0) is 33.8. The molecule has 0 spiro atoms. The summed E-state index contributed by atoms with van der Waals surface area (Å²) in [5.74, 6) is 2.91. The standard InChI is InChI=1S/C43H61FO2Si/c1-31(2)16-14-17-32(3)39-25-26-40-33(18-15-27-43(39,40)7)23-24-34-28-35(29-41(45)38(34)30-44)46-47(42(4,5)6,36-19-10-8-11-20-36)37-21-12-9-13-22-37/h8-13,19-24,30-32,35,39-41,45H,14-18,25-29H2,1-7H3/b33-23+,34-24-,38-30-/t32-,35-,39-,40+,41+,43-/m1/s1. The van der Waals surface area contributed by atoms with Crippen molar-refractivity contribution < 1.29 is 13.9 Å². The Labute approximate surface area is 286 Å². The number of hydrogen-bond donors (Lipinski definition) is 1. The number of allylic oxidation sites excluding steroid dienone is 3. The SMILES string of the molecule is CC(C)CCC[C@@H](C)[C@H]1CC[C@H]2/C(=C/C=C3/C[C@@H](O[Si](c4ccccc4)(c4ccccc4)C(C)(C)C)C[C@H](O)/C3=C\F)CCC[C@]12C. The highest BCUT2D eigenvalue weighted by Crippen LogP contribution is 2.60. The normalized spacial score (nSPS) is 30.3. The fourth-order valence-electron chi connectivity index (χ4n) is 9.85. The molecule has 0 amide bonds. The van der Waals surface area contributed by atoms with Gasteiger partial charge in [0.2, 0.25) is 0 Å². The predicted molar refractivity (Wildman–Crippen MR) is 199 cm³/mol. The first-order valence-corrected chi connectivity index (χ1v) is 20.5. The van der Waals surface area contributed by atoms with E-state index in [9.17, 15) is 9.50 Å². The maximum Gasteiger partial charge on any atom is 0.261 e. The Morgan fingerprint density at radius 3 is 2.17 bits per heavy atom. The smallest absolute Gasteiger partial charge is 0.261 e. The van der Waals surface area contributed by atoms with Crippen LogP contribution in [0, 0.1) is 29.1 Å². The molecule has 0 radical (unpaired) electrons. The molecule has 0 aromatic heterocycles. The van der Waals surface area contributed by atoms with Crippen LogP contribution < -0.4 is 10.4 Å². The molecule has 2 aromatic rings. The molecule has 0 unspecified atom stereocenters. The Balaban J connectivity index is 1.43. The van der Waals surface area contributed by atoms with Gasteiger partial charge in [0.1, 0.15) is 0 Å². The quantitative estimate of drug-likeness (QED) is 0.258. The molecular formula is C43H61FO2Si. The Bertz CT molecular complexity index is 1360. The van der Waals surface area contributed by atoms with Gasteiger partial charge in [0.15, 0.2) is 0 Å². The minimum absolute atomic E-state index is 0.166. The zero-order valence-corrected chi connectivity index (χ0v) is 31.3.